The fourth-order valence-electron chi connectivity index (χ4n) is 1.72. The van der Waals surface area contributed by atoms with Gasteiger partial charge in [0.1, 0.15) is 0 Å². The van der Waals surface area contributed by atoms with Crippen molar-refractivity contribution in [3.8, 4) is 0 Å². The summed E-state index contributed by atoms with van der Waals surface area (Å²) >= 11 is 1.90. The van der Waals surface area contributed by atoms with Crippen LogP contribution in [0.1, 0.15) is 31.0 Å². The summed E-state index contributed by atoms with van der Waals surface area (Å²) in [4.78, 5) is 0. The van der Waals surface area contributed by atoms with Crippen molar-refractivity contribution in [2.75, 3.05) is 18.6 Å². The maximum absolute atomic E-state index is 3.53. The summed E-state index contributed by atoms with van der Waals surface area (Å²) < 4.78 is 0. The van der Waals surface area contributed by atoms with Gasteiger partial charge in [0, 0.05) is 11.8 Å². The molecule has 1 unspecified atom stereocenters. The van der Waals surface area contributed by atoms with Crippen molar-refractivity contribution < 1.29 is 0 Å². The summed E-state index contributed by atoms with van der Waals surface area (Å²) in [7, 11) is 0. The maximum atomic E-state index is 3.53. The van der Waals surface area contributed by atoms with Crippen LogP contribution < -0.4 is 5.32 Å². The number of hydrogen-bond donors (Lipinski definition) is 1. The fourth-order valence-corrected chi connectivity index (χ4v) is 2.36. The normalized spacial score (nSPS) is 12.7. The fraction of sp³-hybridized carbons (Fsp3) is 0.538. The van der Waals surface area contributed by atoms with Crippen molar-refractivity contribution in [1.82, 2.24) is 5.32 Å². The summed E-state index contributed by atoms with van der Waals surface area (Å²) in [6.45, 7) is 5.40. The minimum Gasteiger partial charge on any atom is -0.310 e. The molecule has 0 saturated carbocycles. The zero-order chi connectivity index (χ0) is 11.1. The van der Waals surface area contributed by atoms with Gasteiger partial charge in [-0.1, -0.05) is 38.1 Å². The Kier molecular flexibility index (Phi) is 5.81. The summed E-state index contributed by atoms with van der Waals surface area (Å²) in [5, 5.41) is 3.53. The van der Waals surface area contributed by atoms with Gasteiger partial charge < -0.3 is 5.32 Å². The predicted octanol–water partition coefficient (Wildman–Crippen LogP) is 3.26. The molecule has 0 fully saturated rings. The van der Waals surface area contributed by atoms with Gasteiger partial charge in [0.05, 0.1) is 0 Å². The van der Waals surface area contributed by atoms with Gasteiger partial charge >= 0.3 is 0 Å². The van der Waals surface area contributed by atoms with Crippen LogP contribution >= 0.6 is 11.8 Å². The highest BCUT2D eigenvalue weighted by Gasteiger charge is 2.09. The van der Waals surface area contributed by atoms with Crippen LogP contribution in [0.3, 0.4) is 0 Å². The third kappa shape index (κ3) is 3.88. The highest BCUT2D eigenvalue weighted by Crippen LogP contribution is 2.18. The van der Waals surface area contributed by atoms with Gasteiger partial charge in [-0.15, -0.1) is 0 Å². The first-order chi connectivity index (χ1) is 7.31. The second-order valence-corrected chi connectivity index (χ2v) is 4.57. The zero-order valence-corrected chi connectivity index (χ0v) is 10.7. The standard InChI is InChI=1S/C13H21NS/c1-4-11-7-6-8-12(9-11)13(10-15-3)14-5-2/h6-9,13-14H,4-5,10H2,1-3H3. The molecule has 0 aliphatic rings. The molecular formula is C13H21NS. The molecule has 0 heterocycles. The molecule has 0 spiro atoms. The topological polar surface area (TPSA) is 12.0 Å². The lowest BCUT2D eigenvalue weighted by Gasteiger charge is -2.17. The lowest BCUT2D eigenvalue weighted by Crippen LogP contribution is -2.22. The Labute approximate surface area is 97.7 Å². The summed E-state index contributed by atoms with van der Waals surface area (Å²) in [6, 6.07) is 9.41. The Morgan fingerprint density at radius 3 is 2.73 bits per heavy atom. The Balaban J connectivity index is 2.79. The van der Waals surface area contributed by atoms with Gasteiger partial charge in [-0.05, 0) is 30.3 Å². The van der Waals surface area contributed by atoms with E-state index in [4.69, 9.17) is 0 Å². The highest BCUT2D eigenvalue weighted by molar-refractivity contribution is 7.98. The second kappa shape index (κ2) is 6.91. The molecule has 1 aromatic carbocycles. The number of nitrogens with one attached hydrogen (secondary N) is 1. The van der Waals surface area contributed by atoms with Crippen LogP contribution in [-0.2, 0) is 6.42 Å². The first-order valence-electron chi connectivity index (χ1n) is 5.63. The lowest BCUT2D eigenvalue weighted by atomic mass is 10.0. The smallest absolute Gasteiger partial charge is 0.0411 e. The Hall–Kier alpha value is -0.470. The van der Waals surface area contributed by atoms with E-state index in [0.717, 1.165) is 18.7 Å². The van der Waals surface area contributed by atoms with E-state index >= 15 is 0 Å². The third-order valence-corrected chi connectivity index (χ3v) is 3.21. The highest BCUT2D eigenvalue weighted by atomic mass is 32.2. The van der Waals surface area contributed by atoms with Crippen molar-refractivity contribution in [3.63, 3.8) is 0 Å². The van der Waals surface area contributed by atoms with E-state index in [1.807, 2.05) is 11.8 Å². The van der Waals surface area contributed by atoms with Crippen molar-refractivity contribution in [2.24, 2.45) is 0 Å². The maximum Gasteiger partial charge on any atom is 0.0411 e. The summed E-state index contributed by atoms with van der Waals surface area (Å²) in [5.74, 6) is 1.14. The molecular weight excluding hydrogens is 202 g/mol. The van der Waals surface area contributed by atoms with Crippen LogP contribution in [0.5, 0.6) is 0 Å². The van der Waals surface area contributed by atoms with Gasteiger partial charge in [-0.25, -0.2) is 0 Å². The molecule has 0 aliphatic heterocycles. The first-order valence-corrected chi connectivity index (χ1v) is 7.02. The number of thioether (sulfide) groups is 1. The average Bonchev–Trinajstić information content (AvgIpc) is 2.29. The minimum absolute atomic E-state index is 0.497. The van der Waals surface area contributed by atoms with E-state index in [2.05, 4.69) is 49.7 Å². The van der Waals surface area contributed by atoms with Crippen LogP contribution in [0.2, 0.25) is 0 Å². The van der Waals surface area contributed by atoms with Gasteiger partial charge in [0.25, 0.3) is 0 Å². The quantitative estimate of drug-likeness (QED) is 0.794. The second-order valence-electron chi connectivity index (χ2n) is 3.66. The molecule has 1 N–H and O–H groups in total. The molecule has 0 aromatic heterocycles. The number of aryl methyl sites for hydroxylation is 1. The van der Waals surface area contributed by atoms with Crippen LogP contribution in [0, 0.1) is 0 Å². The van der Waals surface area contributed by atoms with Gasteiger partial charge in [-0.2, -0.15) is 11.8 Å². The van der Waals surface area contributed by atoms with Crippen molar-refractivity contribution in [1.29, 1.82) is 0 Å². The van der Waals surface area contributed by atoms with Crippen LogP contribution in [0.25, 0.3) is 0 Å². The van der Waals surface area contributed by atoms with E-state index < -0.39 is 0 Å². The van der Waals surface area contributed by atoms with Crippen LogP contribution in [-0.4, -0.2) is 18.6 Å². The average molecular weight is 223 g/mol. The predicted molar refractivity (Wildman–Crippen MR) is 70.6 cm³/mol. The Morgan fingerprint density at radius 1 is 1.33 bits per heavy atom. The third-order valence-electron chi connectivity index (χ3n) is 2.55. The van der Waals surface area contributed by atoms with Gasteiger partial charge in [0.15, 0.2) is 0 Å². The molecule has 0 bridgehead atoms. The molecule has 2 heteroatoms. The molecule has 15 heavy (non-hydrogen) atoms. The summed E-state index contributed by atoms with van der Waals surface area (Å²) in [6.07, 6.45) is 3.28. The molecule has 0 amide bonds. The van der Waals surface area contributed by atoms with Crippen molar-refractivity contribution >= 4 is 11.8 Å². The Bertz CT molecular complexity index is 280. The van der Waals surface area contributed by atoms with Crippen molar-refractivity contribution in [3.05, 3.63) is 35.4 Å². The number of benzene rings is 1. The molecule has 0 saturated heterocycles. The SMILES string of the molecule is CCNC(CSC)c1cccc(CC)c1. The number of rotatable bonds is 6. The van der Waals surface area contributed by atoms with E-state index in [1.165, 1.54) is 11.1 Å². The van der Waals surface area contributed by atoms with Crippen molar-refractivity contribution in [2.45, 2.75) is 26.3 Å². The minimum atomic E-state index is 0.497. The lowest BCUT2D eigenvalue weighted by molar-refractivity contribution is 0.606. The molecule has 1 nitrogen and oxygen atoms in total. The molecule has 0 aliphatic carbocycles. The summed E-state index contributed by atoms with van der Waals surface area (Å²) in [5.41, 5.74) is 2.85. The van der Waals surface area contributed by atoms with E-state index in [9.17, 15) is 0 Å². The monoisotopic (exact) mass is 223 g/mol. The first kappa shape index (κ1) is 12.6. The molecule has 1 aromatic rings. The van der Waals surface area contributed by atoms with E-state index in [1.54, 1.807) is 0 Å². The molecule has 84 valence electrons. The van der Waals surface area contributed by atoms with Gasteiger partial charge in [-0.3, -0.25) is 0 Å². The Morgan fingerprint density at radius 2 is 2.13 bits per heavy atom. The molecule has 1 atom stereocenters. The van der Waals surface area contributed by atoms with E-state index in [0.29, 0.717) is 6.04 Å². The molecule has 0 radical (unpaired) electrons. The zero-order valence-electron chi connectivity index (χ0n) is 9.92. The van der Waals surface area contributed by atoms with E-state index in [-0.39, 0.29) is 0 Å². The van der Waals surface area contributed by atoms with Gasteiger partial charge in [0.2, 0.25) is 0 Å². The largest absolute Gasteiger partial charge is 0.310 e. The van der Waals surface area contributed by atoms with Crippen LogP contribution in [0.4, 0.5) is 0 Å². The number of hydrogen-bond acceptors (Lipinski definition) is 2. The van der Waals surface area contributed by atoms with Crippen LogP contribution in [0.15, 0.2) is 24.3 Å². The molecule has 1 rings (SSSR count).